The van der Waals surface area contributed by atoms with Gasteiger partial charge >= 0.3 is 0 Å². The van der Waals surface area contributed by atoms with Crippen molar-refractivity contribution in [3.63, 3.8) is 0 Å². The molecule has 2 heterocycles. The van der Waals surface area contributed by atoms with E-state index in [0.717, 1.165) is 58.1 Å². The lowest BCUT2D eigenvalue weighted by molar-refractivity contribution is -0.213. The number of hydrogen-bond acceptors (Lipinski definition) is 5. The molecule has 1 atom stereocenters. The van der Waals surface area contributed by atoms with Crippen molar-refractivity contribution >= 4 is 38.4 Å². The van der Waals surface area contributed by atoms with Crippen LogP contribution in [0.5, 0.6) is 5.75 Å². The molecule has 2 N–H and O–H groups in total. The average molecular weight is 514 g/mol. The highest BCUT2D eigenvalue weighted by Gasteiger charge is 2.50. The maximum absolute atomic E-state index is 12.9. The van der Waals surface area contributed by atoms with Crippen LogP contribution in [0.1, 0.15) is 58.4 Å². The molecular weight excluding hydrogens is 486 g/mol. The van der Waals surface area contributed by atoms with Crippen molar-refractivity contribution < 1.29 is 19.4 Å². The van der Waals surface area contributed by atoms with Gasteiger partial charge in [-0.05, 0) is 76.8 Å². The second-order valence-electron chi connectivity index (χ2n) is 9.88. The molecule has 1 fully saturated rings. The van der Waals surface area contributed by atoms with Gasteiger partial charge in [-0.3, -0.25) is 4.79 Å². The van der Waals surface area contributed by atoms with Crippen molar-refractivity contribution in [3.8, 4) is 5.75 Å². The van der Waals surface area contributed by atoms with Crippen LogP contribution in [0, 0.1) is 0 Å². The first-order chi connectivity index (χ1) is 15.7. The van der Waals surface area contributed by atoms with Crippen molar-refractivity contribution in [2.75, 3.05) is 5.32 Å². The third kappa shape index (κ3) is 4.05. The first-order valence-electron chi connectivity index (χ1n) is 11.3. The molecule has 33 heavy (non-hydrogen) atoms. The number of carbonyl (C=O) groups is 1. The maximum atomic E-state index is 12.9. The summed E-state index contributed by atoms with van der Waals surface area (Å²) in [4.78, 5) is 12.9. The second kappa shape index (κ2) is 8.11. The number of ether oxygens (including phenoxy) is 2. The van der Waals surface area contributed by atoms with Gasteiger partial charge in [-0.15, -0.1) is 0 Å². The fraction of sp³-hybridized carbons (Fsp3) is 0.440. The van der Waals surface area contributed by atoms with Gasteiger partial charge in [-0.1, -0.05) is 22.0 Å². The minimum Gasteiger partial charge on any atom is -0.490 e. The molecule has 1 aliphatic carbocycles. The van der Waals surface area contributed by atoms with Crippen LogP contribution in [-0.2, 0) is 14.9 Å². The Hall–Kier alpha value is -2.42. The zero-order valence-corrected chi connectivity index (χ0v) is 20.6. The predicted molar refractivity (Wildman–Crippen MR) is 129 cm³/mol. The van der Waals surface area contributed by atoms with Gasteiger partial charge in [0.15, 0.2) is 0 Å². The quantitative estimate of drug-likeness (QED) is 0.464. The molecule has 174 valence electrons. The van der Waals surface area contributed by atoms with Crippen LogP contribution < -0.4 is 10.1 Å². The van der Waals surface area contributed by atoms with E-state index in [1.807, 2.05) is 57.2 Å². The van der Waals surface area contributed by atoms with E-state index in [0.29, 0.717) is 0 Å². The molecule has 2 aromatic carbocycles. The molecule has 8 heteroatoms. The number of anilines is 1. The Morgan fingerprint density at radius 1 is 1.24 bits per heavy atom. The summed E-state index contributed by atoms with van der Waals surface area (Å²) in [6, 6.07) is 11.6. The summed E-state index contributed by atoms with van der Waals surface area (Å²) in [7, 11) is 0. The first-order valence-corrected chi connectivity index (χ1v) is 12.1. The summed E-state index contributed by atoms with van der Waals surface area (Å²) in [6.45, 7) is 5.65. The molecule has 0 bridgehead atoms. The molecule has 1 spiro atoms. The zero-order chi connectivity index (χ0) is 23.4. The van der Waals surface area contributed by atoms with Crippen molar-refractivity contribution in [2.45, 2.75) is 70.0 Å². The minimum atomic E-state index is -1.16. The Balaban J connectivity index is 1.29. The summed E-state index contributed by atoms with van der Waals surface area (Å²) >= 11 is 3.65. The number of aliphatic hydroxyl groups is 1. The van der Waals surface area contributed by atoms with E-state index in [2.05, 4.69) is 26.3 Å². The molecule has 5 rings (SSSR count). The lowest BCUT2D eigenvalue weighted by Crippen LogP contribution is -2.41. The van der Waals surface area contributed by atoms with Gasteiger partial charge in [0.1, 0.15) is 5.75 Å². The number of nitrogens with one attached hydrogen (secondary N) is 1. The van der Waals surface area contributed by atoms with E-state index >= 15 is 0 Å². The number of aromatic nitrogens is 2. The van der Waals surface area contributed by atoms with Crippen LogP contribution in [0.4, 0.5) is 5.69 Å². The third-order valence-electron chi connectivity index (χ3n) is 6.50. The van der Waals surface area contributed by atoms with Crippen molar-refractivity contribution in [1.29, 1.82) is 0 Å². The van der Waals surface area contributed by atoms with Crippen LogP contribution in [0.15, 0.2) is 47.1 Å². The molecule has 1 unspecified atom stereocenters. The highest BCUT2D eigenvalue weighted by molar-refractivity contribution is 9.10. The molecule has 1 saturated carbocycles. The number of fused-ring (bicyclic) bond motifs is 3. The van der Waals surface area contributed by atoms with Crippen molar-refractivity contribution in [3.05, 3.63) is 52.6 Å². The fourth-order valence-electron chi connectivity index (χ4n) is 4.99. The van der Waals surface area contributed by atoms with E-state index in [9.17, 15) is 9.90 Å². The largest absolute Gasteiger partial charge is 0.490 e. The van der Waals surface area contributed by atoms with Crippen LogP contribution in [-0.4, -0.2) is 32.5 Å². The number of amides is 1. The van der Waals surface area contributed by atoms with Crippen molar-refractivity contribution in [1.82, 2.24) is 9.78 Å². The van der Waals surface area contributed by atoms with Crippen LogP contribution in [0.3, 0.4) is 0 Å². The lowest BCUT2D eigenvalue weighted by atomic mass is 9.69. The summed E-state index contributed by atoms with van der Waals surface area (Å²) in [5, 5.41) is 18.6. The Morgan fingerprint density at radius 2 is 2.00 bits per heavy atom. The first kappa shape index (κ1) is 22.4. The number of carbonyl (C=O) groups excluding carboxylic acids is 1. The number of aliphatic hydroxyl groups excluding tert-OH is 1. The molecule has 1 aromatic heterocycles. The predicted octanol–water partition coefficient (Wildman–Crippen LogP) is 5.27. The van der Waals surface area contributed by atoms with E-state index in [1.54, 1.807) is 6.20 Å². The number of halogens is 1. The van der Waals surface area contributed by atoms with Gasteiger partial charge in [-0.2, -0.15) is 5.10 Å². The van der Waals surface area contributed by atoms with Gasteiger partial charge in [0, 0.05) is 21.1 Å². The number of nitrogens with zero attached hydrogens (tertiary/aromatic N) is 2. The standard InChI is InChI=1S/C25H28BrN3O4/c1-24(2,3)33-23(31)29-20-8-7-17(13-15(20)14-27-29)32-16-9-11-25(12-10-16)21-18(26)5-4-6-19(21)28-22(25)30/h4-8,13-14,16,23,31H,9-12H2,1-3H3,(H,28,30). The smallest absolute Gasteiger partial charge is 0.258 e. The Kier molecular flexibility index (Phi) is 5.50. The van der Waals surface area contributed by atoms with Gasteiger partial charge in [0.05, 0.1) is 28.8 Å². The molecule has 1 aliphatic heterocycles. The Morgan fingerprint density at radius 3 is 2.73 bits per heavy atom. The van der Waals surface area contributed by atoms with Crippen molar-refractivity contribution in [2.24, 2.45) is 0 Å². The monoisotopic (exact) mass is 513 g/mol. The summed E-state index contributed by atoms with van der Waals surface area (Å²) in [5.41, 5.74) is 1.78. The Bertz CT molecular complexity index is 1210. The normalized spacial score (nSPS) is 23.5. The molecule has 0 saturated heterocycles. The van der Waals surface area contributed by atoms with E-state index < -0.39 is 17.4 Å². The highest BCUT2D eigenvalue weighted by atomic mass is 79.9. The SMILES string of the molecule is CC(C)(C)OC(O)n1ncc2cc(OC3CCC4(CC3)C(=O)Nc3cccc(Br)c34)ccc21. The van der Waals surface area contributed by atoms with Gasteiger partial charge in [0.25, 0.3) is 6.41 Å². The summed E-state index contributed by atoms with van der Waals surface area (Å²) in [6.07, 6.45) is 3.66. The van der Waals surface area contributed by atoms with Crippen LogP contribution in [0.25, 0.3) is 10.9 Å². The van der Waals surface area contributed by atoms with E-state index in [4.69, 9.17) is 9.47 Å². The minimum absolute atomic E-state index is 0.0391. The maximum Gasteiger partial charge on any atom is 0.258 e. The molecule has 0 radical (unpaired) electrons. The molecule has 1 amide bonds. The average Bonchev–Trinajstić information content (AvgIpc) is 3.28. The summed E-state index contributed by atoms with van der Waals surface area (Å²) in [5.74, 6) is 0.847. The molecule has 2 aliphatic rings. The fourth-order valence-corrected chi connectivity index (χ4v) is 5.73. The zero-order valence-electron chi connectivity index (χ0n) is 19.0. The molecular formula is C25H28BrN3O4. The molecule has 3 aromatic rings. The topological polar surface area (TPSA) is 85.6 Å². The molecule has 7 nitrogen and oxygen atoms in total. The number of hydrogen-bond donors (Lipinski definition) is 2. The second-order valence-corrected chi connectivity index (χ2v) is 10.7. The number of rotatable bonds is 4. The summed E-state index contributed by atoms with van der Waals surface area (Å²) < 4.78 is 14.4. The number of benzene rings is 2. The van der Waals surface area contributed by atoms with Crippen LogP contribution >= 0.6 is 15.9 Å². The van der Waals surface area contributed by atoms with E-state index in [1.165, 1.54) is 4.68 Å². The Labute approximate surface area is 201 Å². The van der Waals surface area contributed by atoms with E-state index in [-0.39, 0.29) is 12.0 Å². The van der Waals surface area contributed by atoms with Gasteiger partial charge < -0.3 is 19.9 Å². The van der Waals surface area contributed by atoms with Gasteiger partial charge in [-0.25, -0.2) is 4.68 Å². The third-order valence-corrected chi connectivity index (χ3v) is 7.16. The van der Waals surface area contributed by atoms with Crippen LogP contribution in [0.2, 0.25) is 0 Å². The highest BCUT2D eigenvalue weighted by Crippen LogP contribution is 2.50. The van der Waals surface area contributed by atoms with Gasteiger partial charge in [0.2, 0.25) is 5.91 Å². The lowest BCUT2D eigenvalue weighted by Gasteiger charge is -2.36.